The number of esters is 1. The third kappa shape index (κ3) is 3.14. The summed E-state index contributed by atoms with van der Waals surface area (Å²) < 4.78 is 17.4. The van der Waals surface area contributed by atoms with Crippen molar-refractivity contribution in [3.05, 3.63) is 34.1 Å². The van der Waals surface area contributed by atoms with Crippen LogP contribution in [0.4, 0.5) is 15.8 Å². The van der Waals surface area contributed by atoms with E-state index in [0.29, 0.717) is 0 Å². The number of rotatable bonds is 5. The number of aliphatic hydroxyl groups is 1. The van der Waals surface area contributed by atoms with E-state index < -0.39 is 35.0 Å². The van der Waals surface area contributed by atoms with Gasteiger partial charge in [0.25, 0.3) is 5.69 Å². The Hall–Kier alpha value is -2.22. The first-order valence-corrected chi connectivity index (χ1v) is 4.88. The van der Waals surface area contributed by atoms with Crippen LogP contribution >= 0.6 is 0 Å². The zero-order chi connectivity index (χ0) is 13.7. The van der Waals surface area contributed by atoms with E-state index >= 15 is 0 Å². The van der Waals surface area contributed by atoms with Crippen molar-refractivity contribution >= 4 is 17.3 Å². The summed E-state index contributed by atoms with van der Waals surface area (Å²) in [7, 11) is 1.10. The van der Waals surface area contributed by atoms with Crippen molar-refractivity contribution in [2.24, 2.45) is 0 Å². The van der Waals surface area contributed by atoms with Gasteiger partial charge >= 0.3 is 5.97 Å². The smallest absolute Gasteiger partial charge is 0.330 e. The van der Waals surface area contributed by atoms with Gasteiger partial charge in [0.2, 0.25) is 0 Å². The van der Waals surface area contributed by atoms with Gasteiger partial charge in [-0.3, -0.25) is 10.1 Å². The maximum Gasteiger partial charge on any atom is 0.330 e. The van der Waals surface area contributed by atoms with Crippen molar-refractivity contribution in [2.45, 2.75) is 6.04 Å². The quantitative estimate of drug-likeness (QED) is 0.457. The van der Waals surface area contributed by atoms with E-state index in [0.717, 1.165) is 25.3 Å². The molecule has 0 aliphatic rings. The molecule has 0 amide bonds. The number of hydrogen-bond donors (Lipinski definition) is 2. The number of nitrogens with zero attached hydrogens (tertiary/aromatic N) is 1. The Bertz CT molecular complexity index is 466. The van der Waals surface area contributed by atoms with Gasteiger partial charge in [0.15, 0.2) is 0 Å². The lowest BCUT2D eigenvalue weighted by Crippen LogP contribution is -2.34. The summed E-state index contributed by atoms with van der Waals surface area (Å²) in [6, 6.07) is 1.55. The van der Waals surface area contributed by atoms with Crippen molar-refractivity contribution in [1.82, 2.24) is 0 Å². The van der Waals surface area contributed by atoms with Crippen LogP contribution in [0.15, 0.2) is 18.2 Å². The fourth-order valence-corrected chi connectivity index (χ4v) is 1.29. The second kappa shape index (κ2) is 5.92. The van der Waals surface area contributed by atoms with Crippen molar-refractivity contribution in [2.75, 3.05) is 19.0 Å². The number of hydrogen-bond acceptors (Lipinski definition) is 6. The monoisotopic (exact) mass is 258 g/mol. The maximum atomic E-state index is 13.0. The molecule has 0 fully saturated rings. The lowest BCUT2D eigenvalue weighted by Gasteiger charge is -2.15. The number of methoxy groups -OCH3 is 1. The van der Waals surface area contributed by atoms with Crippen LogP contribution in [0.2, 0.25) is 0 Å². The number of nitrogens with one attached hydrogen (secondary N) is 1. The third-order valence-corrected chi connectivity index (χ3v) is 2.15. The summed E-state index contributed by atoms with van der Waals surface area (Å²) in [5, 5.41) is 22.0. The molecule has 0 saturated heterocycles. The van der Waals surface area contributed by atoms with Crippen LogP contribution in [-0.4, -0.2) is 35.8 Å². The molecule has 1 rings (SSSR count). The highest BCUT2D eigenvalue weighted by molar-refractivity contribution is 5.80. The number of benzene rings is 1. The number of anilines is 1. The van der Waals surface area contributed by atoms with E-state index in [2.05, 4.69) is 10.1 Å². The van der Waals surface area contributed by atoms with E-state index in [1.54, 1.807) is 0 Å². The van der Waals surface area contributed by atoms with Crippen LogP contribution in [0, 0.1) is 15.9 Å². The number of ether oxygens (including phenoxy) is 1. The van der Waals surface area contributed by atoms with E-state index in [-0.39, 0.29) is 5.69 Å². The molecule has 1 aromatic rings. The zero-order valence-electron chi connectivity index (χ0n) is 9.42. The van der Waals surface area contributed by atoms with Gasteiger partial charge in [0, 0.05) is 12.1 Å². The van der Waals surface area contributed by atoms with Crippen LogP contribution in [-0.2, 0) is 9.53 Å². The molecule has 2 N–H and O–H groups in total. The summed E-state index contributed by atoms with van der Waals surface area (Å²) in [6.07, 6.45) is 0. The first kappa shape index (κ1) is 13.8. The Kier molecular flexibility index (Phi) is 4.55. The highest BCUT2D eigenvalue weighted by atomic mass is 19.1. The molecule has 18 heavy (non-hydrogen) atoms. The summed E-state index contributed by atoms with van der Waals surface area (Å²) >= 11 is 0. The van der Waals surface area contributed by atoms with Crippen LogP contribution in [0.3, 0.4) is 0 Å². The first-order valence-electron chi connectivity index (χ1n) is 4.88. The second-order valence-electron chi connectivity index (χ2n) is 3.32. The van der Waals surface area contributed by atoms with E-state index in [1.165, 1.54) is 0 Å². The predicted molar refractivity (Wildman–Crippen MR) is 59.6 cm³/mol. The summed E-state index contributed by atoms with van der Waals surface area (Å²) in [4.78, 5) is 21.2. The zero-order valence-corrected chi connectivity index (χ0v) is 9.42. The molecule has 7 nitrogen and oxygen atoms in total. The molecule has 1 unspecified atom stereocenters. The molecule has 0 aliphatic carbocycles. The van der Waals surface area contributed by atoms with E-state index in [1.807, 2.05) is 0 Å². The predicted octanol–water partition coefficient (Wildman–Crippen LogP) is 0.680. The van der Waals surface area contributed by atoms with Crippen LogP contribution < -0.4 is 5.32 Å². The molecule has 1 aromatic carbocycles. The Morgan fingerprint density at radius 2 is 2.33 bits per heavy atom. The number of aliphatic hydroxyl groups excluding tert-OH is 1. The van der Waals surface area contributed by atoms with Crippen molar-refractivity contribution in [1.29, 1.82) is 0 Å². The Labute approximate surface area is 101 Å². The molecule has 0 spiro atoms. The van der Waals surface area contributed by atoms with E-state index in [9.17, 15) is 19.3 Å². The van der Waals surface area contributed by atoms with Gasteiger partial charge in [-0.05, 0) is 6.07 Å². The molecule has 1 atom stereocenters. The highest BCUT2D eigenvalue weighted by Crippen LogP contribution is 2.25. The van der Waals surface area contributed by atoms with Crippen LogP contribution in [0.5, 0.6) is 0 Å². The van der Waals surface area contributed by atoms with Crippen molar-refractivity contribution in [3.8, 4) is 0 Å². The Morgan fingerprint density at radius 3 is 2.83 bits per heavy atom. The van der Waals surface area contributed by atoms with Gasteiger partial charge in [-0.1, -0.05) is 0 Å². The normalized spacial score (nSPS) is 11.7. The second-order valence-corrected chi connectivity index (χ2v) is 3.32. The van der Waals surface area contributed by atoms with Gasteiger partial charge in [0.05, 0.1) is 18.6 Å². The fourth-order valence-electron chi connectivity index (χ4n) is 1.29. The van der Waals surface area contributed by atoms with Gasteiger partial charge in [0.1, 0.15) is 17.5 Å². The topological polar surface area (TPSA) is 102 Å². The Morgan fingerprint density at radius 1 is 1.67 bits per heavy atom. The molecule has 0 aliphatic heterocycles. The summed E-state index contributed by atoms with van der Waals surface area (Å²) in [6.45, 7) is -0.639. The van der Waals surface area contributed by atoms with Gasteiger partial charge in [-0.25, -0.2) is 9.18 Å². The fraction of sp³-hybridized carbons (Fsp3) is 0.300. The SMILES string of the molecule is COC(=O)C(CO)Nc1cc(F)ccc1[N+](=O)[O-]. The molecule has 8 heteroatoms. The molecular weight excluding hydrogens is 247 g/mol. The van der Waals surface area contributed by atoms with Crippen LogP contribution in [0.1, 0.15) is 0 Å². The minimum Gasteiger partial charge on any atom is -0.467 e. The molecule has 0 saturated carbocycles. The average molecular weight is 258 g/mol. The Balaban J connectivity index is 3.04. The average Bonchev–Trinajstić information content (AvgIpc) is 2.34. The largest absolute Gasteiger partial charge is 0.467 e. The summed E-state index contributed by atoms with van der Waals surface area (Å²) in [5.74, 6) is -1.51. The molecular formula is C10H11FN2O5. The molecule has 0 aromatic heterocycles. The van der Waals surface area contributed by atoms with E-state index in [4.69, 9.17) is 5.11 Å². The lowest BCUT2D eigenvalue weighted by atomic mass is 10.2. The molecule has 0 radical (unpaired) electrons. The molecule has 98 valence electrons. The van der Waals surface area contributed by atoms with Gasteiger partial charge in [-0.2, -0.15) is 0 Å². The lowest BCUT2D eigenvalue weighted by molar-refractivity contribution is -0.384. The van der Waals surface area contributed by atoms with Gasteiger partial charge < -0.3 is 15.2 Å². The summed E-state index contributed by atoms with van der Waals surface area (Å²) in [5.41, 5.74) is -0.608. The maximum absolute atomic E-state index is 13.0. The molecule has 0 heterocycles. The highest BCUT2D eigenvalue weighted by Gasteiger charge is 2.22. The number of carbonyl (C=O) groups excluding carboxylic acids is 1. The number of carbonyl (C=O) groups is 1. The molecule has 0 bridgehead atoms. The number of halogens is 1. The number of nitro benzene ring substituents is 1. The van der Waals surface area contributed by atoms with Crippen molar-refractivity contribution < 1.29 is 24.0 Å². The van der Waals surface area contributed by atoms with Crippen LogP contribution in [0.25, 0.3) is 0 Å². The standard InChI is InChI=1S/C10H11FN2O5/c1-18-10(15)8(5-14)12-7-4-6(11)2-3-9(7)13(16)17/h2-4,8,12,14H,5H2,1H3. The third-order valence-electron chi connectivity index (χ3n) is 2.15. The number of nitro groups is 1. The minimum absolute atomic E-state index is 0.204. The van der Waals surface area contributed by atoms with Gasteiger partial charge in [-0.15, -0.1) is 0 Å². The van der Waals surface area contributed by atoms with Crippen molar-refractivity contribution in [3.63, 3.8) is 0 Å². The first-order chi connectivity index (χ1) is 8.49. The minimum atomic E-state index is -1.20.